The lowest BCUT2D eigenvalue weighted by Crippen LogP contribution is -2.47. The minimum atomic E-state index is -1.49. The first-order chi connectivity index (χ1) is 13.8. The molecule has 0 bridgehead atoms. The van der Waals surface area contributed by atoms with Crippen molar-refractivity contribution in [2.75, 3.05) is 12.0 Å². The lowest BCUT2D eigenvalue weighted by Gasteiger charge is -2.29. The van der Waals surface area contributed by atoms with E-state index in [1.807, 2.05) is 0 Å². The van der Waals surface area contributed by atoms with Crippen molar-refractivity contribution in [1.82, 2.24) is 0 Å². The number of hydrogen-bond donors (Lipinski definition) is 1. The molecule has 0 aromatic heterocycles. The van der Waals surface area contributed by atoms with E-state index < -0.39 is 40.7 Å². The minimum Gasteiger partial charge on any atom is -0.497 e. The molecule has 4 rings (SSSR count). The van der Waals surface area contributed by atoms with E-state index in [1.165, 1.54) is 43.2 Å². The van der Waals surface area contributed by atoms with E-state index in [9.17, 15) is 24.8 Å². The SMILES string of the molecule is COc1ccc2c(c1)[C@H](O)[C@H]([N+](=O)[O-])[C@H]2[C@H]1C(=O)c2ccc(Cl)cc2N1C(C)=O. The largest absolute Gasteiger partial charge is 0.497 e. The molecule has 0 saturated carbocycles. The predicted molar refractivity (Wildman–Crippen MR) is 104 cm³/mol. The first-order valence-corrected chi connectivity index (χ1v) is 9.27. The number of hydrogen-bond acceptors (Lipinski definition) is 6. The lowest BCUT2D eigenvalue weighted by molar-refractivity contribution is -0.537. The third-order valence-electron chi connectivity index (χ3n) is 5.62. The van der Waals surface area contributed by atoms with Gasteiger partial charge in [-0.3, -0.25) is 19.7 Å². The number of carbonyl (C=O) groups is 2. The molecule has 0 fully saturated rings. The zero-order chi connectivity index (χ0) is 21.0. The van der Waals surface area contributed by atoms with Gasteiger partial charge in [0.2, 0.25) is 5.91 Å². The van der Waals surface area contributed by atoms with Crippen LogP contribution in [0.3, 0.4) is 0 Å². The van der Waals surface area contributed by atoms with Crippen LogP contribution in [-0.2, 0) is 4.79 Å². The highest BCUT2D eigenvalue weighted by molar-refractivity contribution is 6.31. The number of halogens is 1. The highest BCUT2D eigenvalue weighted by atomic mass is 35.5. The summed E-state index contributed by atoms with van der Waals surface area (Å²) in [7, 11) is 1.45. The molecule has 150 valence electrons. The molecule has 1 aliphatic heterocycles. The summed E-state index contributed by atoms with van der Waals surface area (Å²) in [5.74, 6) is -1.45. The molecule has 29 heavy (non-hydrogen) atoms. The van der Waals surface area contributed by atoms with Crippen molar-refractivity contribution in [3.8, 4) is 5.75 Å². The van der Waals surface area contributed by atoms with Crippen molar-refractivity contribution < 1.29 is 24.4 Å². The van der Waals surface area contributed by atoms with Crippen molar-refractivity contribution in [2.45, 2.75) is 31.0 Å². The number of methoxy groups -OCH3 is 1. The maximum Gasteiger partial charge on any atom is 0.251 e. The standard InChI is InChI=1S/C20H17ClN2O6/c1-9(24)22-15-7-10(21)3-5-13(15)19(25)17(22)16-12-6-4-11(29-2)8-14(12)20(26)18(16)23(27)28/h3-8,16-18,20,26H,1-2H3/t16-,17+,18-,20+/m1/s1. The van der Waals surface area contributed by atoms with Crippen molar-refractivity contribution in [3.05, 3.63) is 68.2 Å². The summed E-state index contributed by atoms with van der Waals surface area (Å²) >= 11 is 6.05. The second kappa shape index (κ2) is 6.82. The molecular formula is C20H17ClN2O6. The number of benzene rings is 2. The molecule has 1 amide bonds. The number of fused-ring (bicyclic) bond motifs is 2. The van der Waals surface area contributed by atoms with E-state index >= 15 is 0 Å². The summed E-state index contributed by atoms with van der Waals surface area (Å²) in [6.07, 6.45) is -1.44. The second-order valence-electron chi connectivity index (χ2n) is 7.10. The Labute approximate surface area is 170 Å². The highest BCUT2D eigenvalue weighted by Gasteiger charge is 2.57. The van der Waals surface area contributed by atoms with Crippen LogP contribution < -0.4 is 9.64 Å². The monoisotopic (exact) mass is 416 g/mol. The van der Waals surface area contributed by atoms with Gasteiger partial charge in [-0.2, -0.15) is 0 Å². The normalized spacial score (nSPS) is 25.0. The van der Waals surface area contributed by atoms with Gasteiger partial charge in [0.15, 0.2) is 5.78 Å². The zero-order valence-corrected chi connectivity index (χ0v) is 16.3. The van der Waals surface area contributed by atoms with E-state index in [-0.39, 0.29) is 5.56 Å². The molecule has 2 aromatic rings. The highest BCUT2D eigenvalue weighted by Crippen LogP contribution is 2.50. The Morgan fingerprint density at radius 2 is 1.97 bits per heavy atom. The summed E-state index contributed by atoms with van der Waals surface area (Å²) in [6.45, 7) is 1.29. The molecule has 0 unspecified atom stereocenters. The number of Topliss-reactive ketones (excluding diaryl/α,β-unsaturated/α-hetero) is 1. The summed E-state index contributed by atoms with van der Waals surface area (Å²) in [4.78, 5) is 38.3. The van der Waals surface area contributed by atoms with E-state index in [4.69, 9.17) is 16.3 Å². The predicted octanol–water partition coefficient (Wildman–Crippen LogP) is 2.74. The number of aliphatic hydroxyl groups excluding tert-OH is 1. The number of rotatable bonds is 3. The average Bonchev–Trinajstić information content (AvgIpc) is 3.12. The first-order valence-electron chi connectivity index (χ1n) is 8.89. The van der Waals surface area contributed by atoms with Gasteiger partial charge < -0.3 is 14.7 Å². The topological polar surface area (TPSA) is 110 Å². The molecule has 1 heterocycles. The van der Waals surface area contributed by atoms with E-state index in [2.05, 4.69) is 0 Å². The number of nitrogens with zero attached hydrogens (tertiary/aromatic N) is 2. The van der Waals surface area contributed by atoms with E-state index in [1.54, 1.807) is 12.1 Å². The minimum absolute atomic E-state index is 0.271. The van der Waals surface area contributed by atoms with E-state index in [0.717, 1.165) is 0 Å². The van der Waals surface area contributed by atoms with Crippen LogP contribution in [0, 0.1) is 10.1 Å². The molecule has 0 spiro atoms. The zero-order valence-electron chi connectivity index (χ0n) is 15.5. The van der Waals surface area contributed by atoms with Gasteiger partial charge in [-0.1, -0.05) is 17.7 Å². The summed E-state index contributed by atoms with van der Waals surface area (Å²) in [6, 6.07) is 6.65. The third-order valence-corrected chi connectivity index (χ3v) is 5.85. The van der Waals surface area contributed by atoms with Crippen molar-refractivity contribution in [2.24, 2.45) is 0 Å². The van der Waals surface area contributed by atoms with Gasteiger partial charge in [-0.15, -0.1) is 0 Å². The maximum atomic E-state index is 13.3. The molecule has 2 aliphatic rings. The van der Waals surface area contributed by atoms with Crippen LogP contribution in [-0.4, -0.2) is 40.9 Å². The molecule has 8 nitrogen and oxygen atoms in total. The average molecular weight is 417 g/mol. The van der Waals surface area contributed by atoms with Gasteiger partial charge >= 0.3 is 0 Å². The summed E-state index contributed by atoms with van der Waals surface area (Å²) < 4.78 is 5.16. The molecule has 2 aromatic carbocycles. The third kappa shape index (κ3) is 2.79. The molecule has 1 N–H and O–H groups in total. The van der Waals surface area contributed by atoms with Gasteiger partial charge in [-0.05, 0) is 41.5 Å². The van der Waals surface area contributed by atoms with Gasteiger partial charge in [0.1, 0.15) is 17.9 Å². The fourth-order valence-corrected chi connectivity index (χ4v) is 4.60. The van der Waals surface area contributed by atoms with Crippen LogP contribution in [0.4, 0.5) is 5.69 Å². The Bertz CT molecular complexity index is 1060. The second-order valence-corrected chi connectivity index (χ2v) is 7.54. The Kier molecular flexibility index (Phi) is 4.55. The van der Waals surface area contributed by atoms with Crippen molar-refractivity contribution >= 4 is 29.0 Å². The number of nitro groups is 1. The Morgan fingerprint density at radius 1 is 1.24 bits per heavy atom. The van der Waals surface area contributed by atoms with Crippen LogP contribution in [0.25, 0.3) is 0 Å². The summed E-state index contributed by atoms with van der Waals surface area (Å²) in [5.41, 5.74) is 1.36. The van der Waals surface area contributed by atoms with Gasteiger partial charge in [0.25, 0.3) is 6.04 Å². The van der Waals surface area contributed by atoms with Crippen LogP contribution in [0.15, 0.2) is 36.4 Å². The number of carbonyl (C=O) groups excluding carboxylic acids is 2. The molecule has 9 heteroatoms. The Balaban J connectivity index is 1.91. The number of amides is 1. The quantitative estimate of drug-likeness (QED) is 0.608. The van der Waals surface area contributed by atoms with E-state index in [0.29, 0.717) is 27.6 Å². The van der Waals surface area contributed by atoms with Crippen LogP contribution in [0.1, 0.15) is 40.4 Å². The van der Waals surface area contributed by atoms with Crippen LogP contribution >= 0.6 is 11.6 Å². The van der Waals surface area contributed by atoms with Gasteiger partial charge in [0.05, 0.1) is 18.7 Å². The number of aliphatic hydroxyl groups is 1. The lowest BCUT2D eigenvalue weighted by atomic mass is 9.87. The van der Waals surface area contributed by atoms with Crippen molar-refractivity contribution in [3.63, 3.8) is 0 Å². The number of ketones is 1. The summed E-state index contributed by atoms with van der Waals surface area (Å²) in [5, 5.41) is 22.9. The maximum absolute atomic E-state index is 13.3. The fourth-order valence-electron chi connectivity index (χ4n) is 4.44. The van der Waals surface area contributed by atoms with Crippen LogP contribution in [0.5, 0.6) is 5.75 Å². The fraction of sp³-hybridized carbons (Fsp3) is 0.300. The molecule has 4 atom stereocenters. The Hall–Kier alpha value is -2.97. The number of anilines is 1. The van der Waals surface area contributed by atoms with Crippen molar-refractivity contribution in [1.29, 1.82) is 0 Å². The Morgan fingerprint density at radius 3 is 2.59 bits per heavy atom. The smallest absolute Gasteiger partial charge is 0.251 e. The number of ether oxygens (including phenoxy) is 1. The van der Waals surface area contributed by atoms with Gasteiger partial charge in [-0.25, -0.2) is 0 Å². The first kappa shape index (κ1) is 19.4. The van der Waals surface area contributed by atoms with Crippen LogP contribution in [0.2, 0.25) is 5.02 Å². The molecule has 1 aliphatic carbocycles. The molecular weight excluding hydrogens is 400 g/mol. The molecule has 0 radical (unpaired) electrons. The van der Waals surface area contributed by atoms with Gasteiger partial charge in [0, 0.05) is 22.4 Å². The molecule has 0 saturated heterocycles.